The summed E-state index contributed by atoms with van der Waals surface area (Å²) in [6.07, 6.45) is 4.94. The monoisotopic (exact) mass is 381 g/mol. The van der Waals surface area contributed by atoms with Crippen LogP contribution in [-0.4, -0.2) is 51.5 Å². The zero-order chi connectivity index (χ0) is 19.7. The minimum atomic E-state index is -0.385. The number of nitrogens with zero attached hydrogens (tertiary/aromatic N) is 5. The third kappa shape index (κ3) is 3.85. The molecule has 1 unspecified atom stereocenters. The van der Waals surface area contributed by atoms with Gasteiger partial charge in [-0.25, -0.2) is 9.97 Å². The van der Waals surface area contributed by atoms with Gasteiger partial charge in [-0.1, -0.05) is 12.1 Å². The smallest absolute Gasteiger partial charge is 0.270 e. The topological polar surface area (TPSA) is 75.4 Å². The second-order valence-corrected chi connectivity index (χ2v) is 7.95. The fourth-order valence-electron chi connectivity index (χ4n) is 4.53. The van der Waals surface area contributed by atoms with Crippen LogP contribution in [0.15, 0.2) is 30.3 Å². The van der Waals surface area contributed by atoms with Crippen molar-refractivity contribution in [3.63, 3.8) is 0 Å². The SMILES string of the molecule is Cc1cc(N2CCC(N3CCCC3C)CC2)nc(-c2cccc([N+](=O)[O-])c2)n1. The summed E-state index contributed by atoms with van der Waals surface area (Å²) in [6.45, 7) is 7.50. The first-order valence-corrected chi connectivity index (χ1v) is 10.1. The third-order valence-corrected chi connectivity index (χ3v) is 6.02. The molecule has 2 aliphatic heterocycles. The number of likely N-dealkylation sites (tertiary alicyclic amines) is 1. The average Bonchev–Trinajstić information content (AvgIpc) is 3.13. The number of benzene rings is 1. The maximum atomic E-state index is 11.1. The van der Waals surface area contributed by atoms with Crippen molar-refractivity contribution >= 4 is 11.5 Å². The highest BCUT2D eigenvalue weighted by molar-refractivity contribution is 5.61. The van der Waals surface area contributed by atoms with Crippen LogP contribution in [0.5, 0.6) is 0 Å². The number of nitro benzene ring substituents is 1. The van der Waals surface area contributed by atoms with Crippen molar-refractivity contribution in [2.24, 2.45) is 0 Å². The van der Waals surface area contributed by atoms with Crippen molar-refractivity contribution in [3.8, 4) is 11.4 Å². The van der Waals surface area contributed by atoms with Crippen LogP contribution in [-0.2, 0) is 0 Å². The first-order chi connectivity index (χ1) is 13.5. The number of nitro groups is 1. The van der Waals surface area contributed by atoms with Gasteiger partial charge in [0, 0.05) is 54.6 Å². The number of hydrogen-bond donors (Lipinski definition) is 0. The molecule has 1 aromatic heterocycles. The third-order valence-electron chi connectivity index (χ3n) is 6.02. The molecule has 2 aromatic rings. The molecule has 0 bridgehead atoms. The van der Waals surface area contributed by atoms with Gasteiger partial charge in [0.1, 0.15) is 5.82 Å². The van der Waals surface area contributed by atoms with Crippen molar-refractivity contribution in [2.45, 2.75) is 51.6 Å². The Morgan fingerprint density at radius 3 is 2.57 bits per heavy atom. The second kappa shape index (κ2) is 7.83. The van der Waals surface area contributed by atoms with Crippen molar-refractivity contribution < 1.29 is 4.92 Å². The number of non-ortho nitro benzene ring substituents is 1. The molecule has 2 saturated heterocycles. The van der Waals surface area contributed by atoms with E-state index in [4.69, 9.17) is 4.98 Å². The molecule has 2 aliphatic rings. The Kier molecular flexibility index (Phi) is 5.26. The highest BCUT2D eigenvalue weighted by Gasteiger charge is 2.31. The summed E-state index contributed by atoms with van der Waals surface area (Å²) in [6, 6.07) is 9.93. The predicted octanol–water partition coefficient (Wildman–Crippen LogP) is 3.81. The number of piperidine rings is 1. The molecule has 1 aromatic carbocycles. The van der Waals surface area contributed by atoms with E-state index in [0.29, 0.717) is 23.5 Å². The Labute approximate surface area is 165 Å². The fourth-order valence-corrected chi connectivity index (χ4v) is 4.53. The minimum absolute atomic E-state index is 0.0599. The van der Waals surface area contributed by atoms with Gasteiger partial charge in [-0.3, -0.25) is 15.0 Å². The molecule has 148 valence electrons. The van der Waals surface area contributed by atoms with Gasteiger partial charge in [0.15, 0.2) is 5.82 Å². The van der Waals surface area contributed by atoms with Crippen molar-refractivity contribution in [2.75, 3.05) is 24.5 Å². The van der Waals surface area contributed by atoms with Gasteiger partial charge in [0.05, 0.1) is 4.92 Å². The Hall–Kier alpha value is -2.54. The lowest BCUT2D eigenvalue weighted by Crippen LogP contribution is -2.46. The molecule has 0 spiro atoms. The standard InChI is InChI=1S/C21H27N5O2/c1-15-13-20(23-21(22-15)17-6-3-7-19(14-17)26(27)28)24-11-8-18(9-12-24)25-10-4-5-16(25)2/h3,6-7,13-14,16,18H,4-5,8-12H2,1-2H3. The highest BCUT2D eigenvalue weighted by Crippen LogP contribution is 2.29. The molecule has 28 heavy (non-hydrogen) atoms. The summed E-state index contributed by atoms with van der Waals surface area (Å²) < 4.78 is 0. The van der Waals surface area contributed by atoms with E-state index in [2.05, 4.69) is 21.7 Å². The number of anilines is 1. The largest absolute Gasteiger partial charge is 0.356 e. The van der Waals surface area contributed by atoms with E-state index in [1.807, 2.05) is 19.1 Å². The van der Waals surface area contributed by atoms with E-state index in [1.54, 1.807) is 12.1 Å². The zero-order valence-electron chi connectivity index (χ0n) is 16.5. The highest BCUT2D eigenvalue weighted by atomic mass is 16.6. The molecule has 7 nitrogen and oxygen atoms in total. The molecule has 7 heteroatoms. The first kappa shape index (κ1) is 18.8. The van der Waals surface area contributed by atoms with Crippen LogP contribution in [0.4, 0.5) is 11.5 Å². The lowest BCUT2D eigenvalue weighted by Gasteiger charge is -2.39. The van der Waals surface area contributed by atoms with Gasteiger partial charge in [0.25, 0.3) is 5.69 Å². The lowest BCUT2D eigenvalue weighted by atomic mass is 10.0. The molecule has 4 rings (SSSR count). The molecule has 0 amide bonds. The molecule has 3 heterocycles. The number of aryl methyl sites for hydroxylation is 1. The molecule has 0 N–H and O–H groups in total. The molecule has 2 fully saturated rings. The Balaban J connectivity index is 1.52. The van der Waals surface area contributed by atoms with Crippen molar-refractivity contribution in [1.29, 1.82) is 0 Å². The van der Waals surface area contributed by atoms with E-state index in [-0.39, 0.29) is 10.6 Å². The van der Waals surface area contributed by atoms with Gasteiger partial charge in [-0.05, 0) is 46.1 Å². The molecule has 0 radical (unpaired) electrons. The summed E-state index contributed by atoms with van der Waals surface area (Å²) in [7, 11) is 0. The average molecular weight is 381 g/mol. The number of rotatable bonds is 4. The van der Waals surface area contributed by atoms with Gasteiger partial charge < -0.3 is 4.90 Å². The molecule has 0 aliphatic carbocycles. The van der Waals surface area contributed by atoms with E-state index in [9.17, 15) is 10.1 Å². The van der Waals surface area contributed by atoms with E-state index in [0.717, 1.165) is 37.4 Å². The van der Waals surface area contributed by atoms with Gasteiger partial charge in [-0.2, -0.15) is 0 Å². The second-order valence-electron chi connectivity index (χ2n) is 7.95. The van der Waals surface area contributed by atoms with E-state index >= 15 is 0 Å². The van der Waals surface area contributed by atoms with Gasteiger partial charge >= 0.3 is 0 Å². The summed E-state index contributed by atoms with van der Waals surface area (Å²) in [5.41, 5.74) is 1.62. The molecule has 1 atom stereocenters. The number of hydrogen-bond acceptors (Lipinski definition) is 6. The van der Waals surface area contributed by atoms with Gasteiger partial charge in [-0.15, -0.1) is 0 Å². The van der Waals surface area contributed by atoms with Gasteiger partial charge in [0.2, 0.25) is 0 Å². The van der Waals surface area contributed by atoms with Crippen LogP contribution in [0, 0.1) is 17.0 Å². The maximum absolute atomic E-state index is 11.1. The summed E-state index contributed by atoms with van der Waals surface area (Å²) >= 11 is 0. The fraction of sp³-hybridized carbons (Fsp3) is 0.524. The predicted molar refractivity (Wildman–Crippen MR) is 109 cm³/mol. The normalized spacial score (nSPS) is 21.2. The van der Waals surface area contributed by atoms with Crippen LogP contribution in [0.1, 0.15) is 38.3 Å². The minimum Gasteiger partial charge on any atom is -0.356 e. The van der Waals surface area contributed by atoms with Crippen LogP contribution < -0.4 is 4.90 Å². The Morgan fingerprint density at radius 1 is 1.11 bits per heavy atom. The van der Waals surface area contributed by atoms with E-state index < -0.39 is 0 Å². The summed E-state index contributed by atoms with van der Waals surface area (Å²) in [4.78, 5) is 25.0. The summed E-state index contributed by atoms with van der Waals surface area (Å²) in [5, 5.41) is 11.1. The molecular weight excluding hydrogens is 354 g/mol. The summed E-state index contributed by atoms with van der Waals surface area (Å²) in [5.74, 6) is 1.47. The molecular formula is C21H27N5O2. The van der Waals surface area contributed by atoms with E-state index in [1.165, 1.54) is 25.5 Å². The van der Waals surface area contributed by atoms with Crippen LogP contribution in [0.3, 0.4) is 0 Å². The number of aromatic nitrogens is 2. The van der Waals surface area contributed by atoms with Crippen molar-refractivity contribution in [3.05, 3.63) is 46.1 Å². The Morgan fingerprint density at radius 2 is 1.89 bits per heavy atom. The quantitative estimate of drug-likeness (QED) is 0.592. The van der Waals surface area contributed by atoms with Crippen LogP contribution in [0.25, 0.3) is 11.4 Å². The zero-order valence-corrected chi connectivity index (χ0v) is 16.5. The van der Waals surface area contributed by atoms with Crippen molar-refractivity contribution in [1.82, 2.24) is 14.9 Å². The first-order valence-electron chi connectivity index (χ1n) is 10.1. The molecule has 0 saturated carbocycles. The lowest BCUT2D eigenvalue weighted by molar-refractivity contribution is -0.384. The van der Waals surface area contributed by atoms with Crippen LogP contribution >= 0.6 is 0 Å². The van der Waals surface area contributed by atoms with Crippen LogP contribution in [0.2, 0.25) is 0 Å². The maximum Gasteiger partial charge on any atom is 0.270 e. The Bertz CT molecular complexity index is 864.